The Morgan fingerprint density at radius 2 is 1.76 bits per heavy atom. The van der Waals surface area contributed by atoms with Gasteiger partial charge in [0.2, 0.25) is 0 Å². The Morgan fingerprint density at radius 1 is 0.880 bits per heavy atom. The van der Waals surface area contributed by atoms with Crippen LogP contribution in [-0.4, -0.2) is 27.0 Å². The van der Waals surface area contributed by atoms with Gasteiger partial charge < -0.3 is 5.32 Å². The lowest BCUT2D eigenvalue weighted by atomic mass is 10.1. The van der Waals surface area contributed by atoms with E-state index in [1.807, 2.05) is 37.4 Å². The first-order valence-electron chi connectivity index (χ1n) is 7.75. The highest BCUT2D eigenvalue weighted by Crippen LogP contribution is 2.28. The van der Waals surface area contributed by atoms with Crippen LogP contribution in [-0.2, 0) is 0 Å². The first-order valence-corrected chi connectivity index (χ1v) is 7.75. The van der Waals surface area contributed by atoms with E-state index in [9.17, 15) is 4.39 Å². The van der Waals surface area contributed by atoms with Crippen molar-refractivity contribution in [3.05, 3.63) is 67.0 Å². The summed E-state index contributed by atoms with van der Waals surface area (Å²) in [6, 6.07) is 11.0. The van der Waals surface area contributed by atoms with Crippen LogP contribution in [0.4, 0.5) is 10.2 Å². The predicted octanol–water partition coefficient (Wildman–Crippen LogP) is 3.93. The monoisotopic (exact) mass is 331 g/mol. The standard InChI is InChI=1S/C19H14FN5/c1-21-19-16-5-4-12(14-7-15(20)11-23-10-14)8-17(16)24-18(25-19)13-3-2-6-22-9-13/h2-11H,1H3,(H,21,24,25). The molecule has 0 aliphatic carbocycles. The van der Waals surface area contributed by atoms with Crippen LogP contribution in [0.25, 0.3) is 33.4 Å². The SMILES string of the molecule is CNc1nc(-c2cccnc2)nc2cc(-c3cncc(F)c3)ccc12. The second-order valence-electron chi connectivity index (χ2n) is 5.51. The molecular weight excluding hydrogens is 317 g/mol. The smallest absolute Gasteiger partial charge is 0.163 e. The zero-order chi connectivity index (χ0) is 17.2. The van der Waals surface area contributed by atoms with Gasteiger partial charge in [-0.3, -0.25) is 9.97 Å². The normalized spacial score (nSPS) is 10.8. The number of anilines is 1. The van der Waals surface area contributed by atoms with Crippen LogP contribution in [0, 0.1) is 5.82 Å². The number of rotatable bonds is 3. The van der Waals surface area contributed by atoms with E-state index in [0.29, 0.717) is 11.4 Å². The summed E-state index contributed by atoms with van der Waals surface area (Å²) in [5.41, 5.74) is 3.14. The van der Waals surface area contributed by atoms with Crippen molar-refractivity contribution < 1.29 is 4.39 Å². The summed E-state index contributed by atoms with van der Waals surface area (Å²) >= 11 is 0. The van der Waals surface area contributed by atoms with Gasteiger partial charge in [-0.2, -0.15) is 0 Å². The van der Waals surface area contributed by atoms with E-state index in [4.69, 9.17) is 0 Å². The molecule has 0 unspecified atom stereocenters. The summed E-state index contributed by atoms with van der Waals surface area (Å²) in [6.45, 7) is 0. The molecule has 3 aromatic heterocycles. The van der Waals surface area contributed by atoms with Crippen LogP contribution in [0.15, 0.2) is 61.2 Å². The number of aromatic nitrogens is 4. The largest absolute Gasteiger partial charge is 0.373 e. The maximum absolute atomic E-state index is 13.5. The Balaban J connectivity index is 1.91. The zero-order valence-electron chi connectivity index (χ0n) is 13.4. The third-order valence-electron chi connectivity index (χ3n) is 3.89. The Bertz CT molecular complexity index is 1050. The van der Waals surface area contributed by atoms with E-state index in [2.05, 4.69) is 25.3 Å². The van der Waals surface area contributed by atoms with Crippen LogP contribution in [0.3, 0.4) is 0 Å². The van der Waals surface area contributed by atoms with E-state index < -0.39 is 0 Å². The molecule has 6 heteroatoms. The topological polar surface area (TPSA) is 63.6 Å². The van der Waals surface area contributed by atoms with Crippen molar-refractivity contribution in [2.75, 3.05) is 12.4 Å². The van der Waals surface area contributed by atoms with Crippen LogP contribution in [0.5, 0.6) is 0 Å². The third-order valence-corrected chi connectivity index (χ3v) is 3.89. The summed E-state index contributed by atoms with van der Waals surface area (Å²) in [7, 11) is 1.82. The predicted molar refractivity (Wildman–Crippen MR) is 95.5 cm³/mol. The van der Waals surface area contributed by atoms with E-state index in [-0.39, 0.29) is 5.82 Å². The highest BCUT2D eigenvalue weighted by Gasteiger charge is 2.10. The molecule has 122 valence electrons. The maximum atomic E-state index is 13.5. The summed E-state index contributed by atoms with van der Waals surface area (Å²) in [5, 5.41) is 4.00. The first-order chi connectivity index (χ1) is 12.2. The molecular formula is C19H14FN5. The maximum Gasteiger partial charge on any atom is 0.163 e. The molecule has 1 N–H and O–H groups in total. The lowest BCUT2D eigenvalue weighted by Gasteiger charge is -2.10. The molecule has 4 rings (SSSR count). The fraction of sp³-hybridized carbons (Fsp3) is 0.0526. The van der Waals surface area contributed by atoms with E-state index in [1.54, 1.807) is 18.6 Å². The summed E-state index contributed by atoms with van der Waals surface area (Å²) in [6.07, 6.45) is 6.25. The molecule has 0 amide bonds. The van der Waals surface area contributed by atoms with Gasteiger partial charge in [-0.15, -0.1) is 0 Å². The molecule has 4 aromatic rings. The molecule has 0 fully saturated rings. The van der Waals surface area contributed by atoms with Crippen LogP contribution < -0.4 is 5.32 Å². The van der Waals surface area contributed by atoms with Gasteiger partial charge in [-0.1, -0.05) is 6.07 Å². The summed E-state index contributed by atoms with van der Waals surface area (Å²) in [5.74, 6) is 0.944. The van der Waals surface area contributed by atoms with Gasteiger partial charge in [0.15, 0.2) is 5.82 Å². The molecule has 1 aromatic carbocycles. The molecule has 0 saturated heterocycles. The van der Waals surface area contributed by atoms with Gasteiger partial charge in [-0.05, 0) is 35.9 Å². The molecule has 0 atom stereocenters. The minimum absolute atomic E-state index is 0.368. The molecule has 0 radical (unpaired) electrons. The van der Waals surface area contributed by atoms with Gasteiger partial charge in [0.25, 0.3) is 0 Å². The van der Waals surface area contributed by atoms with Crippen LogP contribution >= 0.6 is 0 Å². The van der Waals surface area contributed by atoms with Crippen molar-refractivity contribution in [3.8, 4) is 22.5 Å². The molecule has 0 bridgehead atoms. The Morgan fingerprint density at radius 3 is 2.52 bits per heavy atom. The number of nitrogens with zero attached hydrogens (tertiary/aromatic N) is 4. The lowest BCUT2D eigenvalue weighted by Crippen LogP contribution is -1.99. The second-order valence-corrected chi connectivity index (χ2v) is 5.51. The Kier molecular flexibility index (Phi) is 3.78. The Labute approximate surface area is 143 Å². The minimum atomic E-state index is -0.368. The van der Waals surface area contributed by atoms with Gasteiger partial charge in [0.05, 0.1) is 11.7 Å². The highest BCUT2D eigenvalue weighted by atomic mass is 19.1. The average Bonchev–Trinajstić information content (AvgIpc) is 2.67. The number of hydrogen-bond acceptors (Lipinski definition) is 5. The zero-order valence-corrected chi connectivity index (χ0v) is 13.4. The highest BCUT2D eigenvalue weighted by molar-refractivity contribution is 5.93. The quantitative estimate of drug-likeness (QED) is 0.616. The Hall–Kier alpha value is -3.41. The minimum Gasteiger partial charge on any atom is -0.373 e. The van der Waals surface area contributed by atoms with Gasteiger partial charge >= 0.3 is 0 Å². The van der Waals surface area contributed by atoms with Gasteiger partial charge in [0.1, 0.15) is 11.6 Å². The van der Waals surface area contributed by atoms with Crippen molar-refractivity contribution in [2.24, 2.45) is 0 Å². The second kappa shape index (κ2) is 6.24. The van der Waals surface area contributed by atoms with Crippen molar-refractivity contribution in [3.63, 3.8) is 0 Å². The summed E-state index contributed by atoms with van der Waals surface area (Å²) in [4.78, 5) is 17.3. The van der Waals surface area contributed by atoms with Gasteiger partial charge in [0, 0.05) is 42.2 Å². The first kappa shape index (κ1) is 15.1. The third kappa shape index (κ3) is 2.89. The fourth-order valence-corrected chi connectivity index (χ4v) is 2.69. The molecule has 0 aliphatic heterocycles. The van der Waals surface area contributed by atoms with E-state index >= 15 is 0 Å². The van der Waals surface area contributed by atoms with Crippen molar-refractivity contribution >= 4 is 16.7 Å². The molecule has 5 nitrogen and oxygen atoms in total. The number of pyridine rings is 2. The number of fused-ring (bicyclic) bond motifs is 1. The van der Waals surface area contributed by atoms with Crippen LogP contribution in [0.1, 0.15) is 0 Å². The number of hydrogen-bond donors (Lipinski definition) is 1. The van der Waals surface area contributed by atoms with Crippen molar-refractivity contribution in [2.45, 2.75) is 0 Å². The van der Waals surface area contributed by atoms with E-state index in [0.717, 1.165) is 27.8 Å². The number of halogens is 1. The van der Waals surface area contributed by atoms with Crippen LogP contribution in [0.2, 0.25) is 0 Å². The molecule has 0 saturated carbocycles. The van der Waals surface area contributed by atoms with E-state index in [1.165, 1.54) is 12.3 Å². The molecule has 0 aliphatic rings. The molecule has 3 heterocycles. The molecule has 25 heavy (non-hydrogen) atoms. The molecule has 0 spiro atoms. The average molecular weight is 331 g/mol. The summed E-state index contributed by atoms with van der Waals surface area (Å²) < 4.78 is 13.5. The lowest BCUT2D eigenvalue weighted by molar-refractivity contribution is 0.622. The number of benzene rings is 1. The fourth-order valence-electron chi connectivity index (χ4n) is 2.69. The number of nitrogens with one attached hydrogen (secondary N) is 1. The van der Waals surface area contributed by atoms with Gasteiger partial charge in [-0.25, -0.2) is 14.4 Å². The van der Waals surface area contributed by atoms with Crippen molar-refractivity contribution in [1.82, 2.24) is 19.9 Å². The van der Waals surface area contributed by atoms with Crippen molar-refractivity contribution in [1.29, 1.82) is 0 Å².